The van der Waals surface area contributed by atoms with Gasteiger partial charge in [0.05, 0.1) is 0 Å². The lowest BCUT2D eigenvalue weighted by molar-refractivity contribution is -0.146. The first kappa shape index (κ1) is 13.3. The van der Waals surface area contributed by atoms with Gasteiger partial charge in [0.1, 0.15) is 11.8 Å². The lowest BCUT2D eigenvalue weighted by atomic mass is 9.99. The summed E-state index contributed by atoms with van der Waals surface area (Å²) in [4.78, 5) is 36.0. The lowest BCUT2D eigenvalue weighted by Gasteiger charge is -2.32. The van der Waals surface area contributed by atoms with E-state index in [0.717, 1.165) is 5.56 Å². The fourth-order valence-electron chi connectivity index (χ4n) is 2.15. The molecule has 1 aliphatic heterocycles. The van der Waals surface area contributed by atoms with Crippen LogP contribution in [0.5, 0.6) is 0 Å². The molecule has 1 amide bonds. The molecule has 1 aliphatic rings. The first-order chi connectivity index (χ1) is 8.99. The third kappa shape index (κ3) is 2.81. The number of piperidine rings is 1. The summed E-state index contributed by atoms with van der Waals surface area (Å²) in [6, 6.07) is 5.91. The van der Waals surface area contributed by atoms with E-state index in [1.165, 1.54) is 4.90 Å². The zero-order valence-corrected chi connectivity index (χ0v) is 10.6. The molecule has 1 aromatic rings. The molecule has 0 aromatic heterocycles. The van der Waals surface area contributed by atoms with Crippen LogP contribution in [0.25, 0.3) is 0 Å². The Morgan fingerprint density at radius 3 is 2.47 bits per heavy atom. The molecule has 0 saturated carbocycles. The smallest absolute Gasteiger partial charge is 0.326 e. The Balaban J connectivity index is 2.23. The van der Waals surface area contributed by atoms with Gasteiger partial charge in [0.25, 0.3) is 5.91 Å². The van der Waals surface area contributed by atoms with E-state index < -0.39 is 12.0 Å². The quantitative estimate of drug-likeness (QED) is 0.869. The van der Waals surface area contributed by atoms with Crippen LogP contribution in [0.2, 0.25) is 0 Å². The lowest BCUT2D eigenvalue weighted by Crippen LogP contribution is -2.50. The Morgan fingerprint density at radius 2 is 1.89 bits per heavy atom. The summed E-state index contributed by atoms with van der Waals surface area (Å²) in [5, 5.41) is 9.12. The minimum Gasteiger partial charge on any atom is -0.480 e. The van der Waals surface area contributed by atoms with Crippen molar-refractivity contribution in [1.29, 1.82) is 0 Å². The van der Waals surface area contributed by atoms with Gasteiger partial charge in [-0.3, -0.25) is 9.59 Å². The van der Waals surface area contributed by atoms with Gasteiger partial charge in [-0.1, -0.05) is 17.7 Å². The van der Waals surface area contributed by atoms with Crippen molar-refractivity contribution in [3.8, 4) is 0 Å². The number of carboxylic acids is 1. The van der Waals surface area contributed by atoms with Crippen molar-refractivity contribution in [2.75, 3.05) is 6.54 Å². The summed E-state index contributed by atoms with van der Waals surface area (Å²) in [6.45, 7) is 2.08. The number of rotatable bonds is 2. The van der Waals surface area contributed by atoms with Gasteiger partial charge in [-0.15, -0.1) is 0 Å². The zero-order valence-electron chi connectivity index (χ0n) is 10.6. The van der Waals surface area contributed by atoms with E-state index in [-0.39, 0.29) is 31.1 Å². The number of amides is 1. The maximum atomic E-state index is 12.3. The van der Waals surface area contributed by atoms with Gasteiger partial charge >= 0.3 is 5.97 Å². The minimum absolute atomic E-state index is 0.104. The molecule has 5 heteroatoms. The Kier molecular flexibility index (Phi) is 3.64. The Hall–Kier alpha value is -2.17. The molecule has 5 nitrogen and oxygen atoms in total. The molecule has 0 spiro atoms. The molecule has 0 bridgehead atoms. The number of aryl methyl sites for hydroxylation is 1. The topological polar surface area (TPSA) is 74.7 Å². The highest BCUT2D eigenvalue weighted by atomic mass is 16.4. The number of likely N-dealkylation sites (tertiary alicyclic amines) is 1. The number of carbonyl (C=O) groups is 3. The van der Waals surface area contributed by atoms with Gasteiger partial charge in [-0.25, -0.2) is 4.79 Å². The zero-order chi connectivity index (χ0) is 14.0. The van der Waals surface area contributed by atoms with E-state index in [4.69, 9.17) is 5.11 Å². The van der Waals surface area contributed by atoms with Crippen molar-refractivity contribution in [3.05, 3.63) is 35.4 Å². The standard InChI is InChI=1S/C14H15NO4/c1-9-2-4-10(5-3-9)13(17)15-7-6-11(16)8-12(15)14(18)19/h2-5,12H,6-8H2,1H3,(H,18,19). The maximum absolute atomic E-state index is 12.3. The SMILES string of the molecule is Cc1ccc(C(=O)N2CCC(=O)CC2C(=O)O)cc1. The number of carboxylic acid groups (broad SMARTS) is 1. The molecular weight excluding hydrogens is 246 g/mol. The molecule has 1 saturated heterocycles. The number of carbonyl (C=O) groups excluding carboxylic acids is 2. The van der Waals surface area contributed by atoms with Crippen LogP contribution >= 0.6 is 0 Å². The first-order valence-electron chi connectivity index (χ1n) is 6.11. The van der Waals surface area contributed by atoms with Crippen LogP contribution in [0.3, 0.4) is 0 Å². The minimum atomic E-state index is -1.13. The van der Waals surface area contributed by atoms with Crippen LogP contribution in [0.15, 0.2) is 24.3 Å². The highest BCUT2D eigenvalue weighted by molar-refractivity contribution is 5.99. The molecule has 1 fully saturated rings. The summed E-state index contributed by atoms with van der Waals surface area (Å²) in [5.41, 5.74) is 1.48. The maximum Gasteiger partial charge on any atom is 0.326 e. The summed E-state index contributed by atoms with van der Waals surface area (Å²) >= 11 is 0. The third-order valence-corrected chi connectivity index (χ3v) is 3.27. The molecule has 0 aliphatic carbocycles. The molecule has 1 heterocycles. The Morgan fingerprint density at radius 1 is 1.26 bits per heavy atom. The fourth-order valence-corrected chi connectivity index (χ4v) is 2.15. The normalized spacial score (nSPS) is 19.3. The van der Waals surface area contributed by atoms with Crippen LogP contribution in [0.4, 0.5) is 0 Å². The monoisotopic (exact) mass is 261 g/mol. The third-order valence-electron chi connectivity index (χ3n) is 3.27. The highest BCUT2D eigenvalue weighted by Crippen LogP contribution is 2.18. The second-order valence-electron chi connectivity index (χ2n) is 4.71. The van der Waals surface area contributed by atoms with E-state index in [1.54, 1.807) is 24.3 Å². The largest absolute Gasteiger partial charge is 0.480 e. The Labute approximate surface area is 110 Å². The number of ketones is 1. The second kappa shape index (κ2) is 5.22. The Bertz CT molecular complexity index is 521. The number of nitrogens with zero attached hydrogens (tertiary/aromatic N) is 1. The fraction of sp³-hybridized carbons (Fsp3) is 0.357. The van der Waals surface area contributed by atoms with Crippen LogP contribution in [-0.2, 0) is 9.59 Å². The van der Waals surface area contributed by atoms with Crippen molar-refractivity contribution < 1.29 is 19.5 Å². The predicted molar refractivity (Wildman–Crippen MR) is 67.9 cm³/mol. The van der Waals surface area contributed by atoms with E-state index >= 15 is 0 Å². The van der Waals surface area contributed by atoms with E-state index in [2.05, 4.69) is 0 Å². The summed E-state index contributed by atoms with van der Waals surface area (Å²) < 4.78 is 0. The van der Waals surface area contributed by atoms with Gasteiger partial charge < -0.3 is 10.0 Å². The molecular formula is C14H15NO4. The number of Topliss-reactive ketones (excluding diaryl/α,β-unsaturated/α-hetero) is 1. The van der Waals surface area contributed by atoms with E-state index in [0.29, 0.717) is 5.56 Å². The van der Waals surface area contributed by atoms with Gasteiger partial charge in [-0.05, 0) is 19.1 Å². The molecule has 1 N–H and O–H groups in total. The van der Waals surface area contributed by atoms with Crippen molar-refractivity contribution in [3.63, 3.8) is 0 Å². The van der Waals surface area contributed by atoms with Crippen molar-refractivity contribution in [2.45, 2.75) is 25.8 Å². The van der Waals surface area contributed by atoms with Crippen LogP contribution in [-0.4, -0.2) is 40.3 Å². The van der Waals surface area contributed by atoms with E-state index in [9.17, 15) is 14.4 Å². The van der Waals surface area contributed by atoms with E-state index in [1.807, 2.05) is 6.92 Å². The van der Waals surface area contributed by atoms with Gasteiger partial charge in [0, 0.05) is 24.9 Å². The summed E-state index contributed by atoms with van der Waals surface area (Å²) in [7, 11) is 0. The average Bonchev–Trinajstić information content (AvgIpc) is 2.38. The summed E-state index contributed by atoms with van der Waals surface area (Å²) in [6.07, 6.45) is 0.119. The molecule has 1 aromatic carbocycles. The van der Waals surface area contributed by atoms with Crippen molar-refractivity contribution >= 4 is 17.7 Å². The number of hydrogen-bond acceptors (Lipinski definition) is 3. The first-order valence-corrected chi connectivity index (χ1v) is 6.11. The average molecular weight is 261 g/mol. The second-order valence-corrected chi connectivity index (χ2v) is 4.71. The van der Waals surface area contributed by atoms with Crippen molar-refractivity contribution in [1.82, 2.24) is 4.90 Å². The predicted octanol–water partition coefficient (Wildman–Crippen LogP) is 1.25. The van der Waals surface area contributed by atoms with Gasteiger partial charge in [0.2, 0.25) is 0 Å². The molecule has 1 atom stereocenters. The molecule has 19 heavy (non-hydrogen) atoms. The summed E-state index contributed by atoms with van der Waals surface area (Å²) in [5.74, 6) is -1.58. The van der Waals surface area contributed by atoms with Gasteiger partial charge in [-0.2, -0.15) is 0 Å². The number of benzene rings is 1. The molecule has 1 unspecified atom stereocenters. The van der Waals surface area contributed by atoms with Gasteiger partial charge in [0.15, 0.2) is 0 Å². The molecule has 2 rings (SSSR count). The number of hydrogen-bond donors (Lipinski definition) is 1. The van der Waals surface area contributed by atoms with Crippen LogP contribution in [0.1, 0.15) is 28.8 Å². The molecule has 100 valence electrons. The van der Waals surface area contributed by atoms with Crippen LogP contribution < -0.4 is 0 Å². The highest BCUT2D eigenvalue weighted by Gasteiger charge is 2.35. The van der Waals surface area contributed by atoms with Crippen molar-refractivity contribution in [2.24, 2.45) is 0 Å². The van der Waals surface area contributed by atoms with Crippen LogP contribution in [0, 0.1) is 6.92 Å². The number of aliphatic carboxylic acids is 1. The molecule has 0 radical (unpaired) electrons.